The van der Waals surface area contributed by atoms with Gasteiger partial charge in [0.1, 0.15) is 0 Å². The fraction of sp³-hybridized carbons (Fsp3) is 0.875. The predicted molar refractivity (Wildman–Crippen MR) is 52.3 cm³/mol. The zero-order chi connectivity index (χ0) is 8.10. The summed E-state index contributed by atoms with van der Waals surface area (Å²) in [7, 11) is 1.88. The summed E-state index contributed by atoms with van der Waals surface area (Å²) in [4.78, 5) is 6.62. The molecule has 64 valence electrons. The third-order valence-electron chi connectivity index (χ3n) is 2.00. The summed E-state index contributed by atoms with van der Waals surface area (Å²) in [6.45, 7) is 2.40. The van der Waals surface area contributed by atoms with Crippen molar-refractivity contribution in [2.24, 2.45) is 4.99 Å². The first-order chi connectivity index (χ1) is 5.38. The van der Waals surface area contributed by atoms with Gasteiger partial charge in [0, 0.05) is 20.1 Å². The van der Waals surface area contributed by atoms with Gasteiger partial charge in [0.15, 0.2) is 5.17 Å². The largest absolute Gasteiger partial charge is 0.352 e. The van der Waals surface area contributed by atoms with E-state index in [0.29, 0.717) is 0 Å². The number of piperidine rings is 1. The number of amidine groups is 1. The summed E-state index contributed by atoms with van der Waals surface area (Å²) in [6.07, 6.45) is 6.15. The summed E-state index contributed by atoms with van der Waals surface area (Å²) >= 11 is 1.75. The van der Waals surface area contributed by atoms with Gasteiger partial charge in [0.2, 0.25) is 0 Å². The molecule has 0 saturated carbocycles. The lowest BCUT2D eigenvalue weighted by atomic mass is 10.1. The van der Waals surface area contributed by atoms with Gasteiger partial charge in [-0.25, -0.2) is 0 Å². The number of nitrogens with zero attached hydrogens (tertiary/aromatic N) is 2. The van der Waals surface area contributed by atoms with Gasteiger partial charge in [-0.3, -0.25) is 4.99 Å². The van der Waals surface area contributed by atoms with Crippen LogP contribution in [0.2, 0.25) is 0 Å². The van der Waals surface area contributed by atoms with E-state index in [4.69, 9.17) is 0 Å². The van der Waals surface area contributed by atoms with Gasteiger partial charge < -0.3 is 4.90 Å². The van der Waals surface area contributed by atoms with Crippen molar-refractivity contribution in [3.63, 3.8) is 0 Å². The van der Waals surface area contributed by atoms with Gasteiger partial charge in [-0.05, 0) is 25.5 Å². The monoisotopic (exact) mass is 172 g/mol. The van der Waals surface area contributed by atoms with Gasteiger partial charge >= 0.3 is 0 Å². The summed E-state index contributed by atoms with van der Waals surface area (Å²) in [5, 5.41) is 1.20. The van der Waals surface area contributed by atoms with E-state index in [1.165, 1.54) is 37.5 Å². The zero-order valence-corrected chi connectivity index (χ0v) is 8.15. The number of hydrogen-bond donors (Lipinski definition) is 0. The molecule has 0 N–H and O–H groups in total. The average Bonchev–Trinajstić information content (AvgIpc) is 2.09. The van der Waals surface area contributed by atoms with Crippen molar-refractivity contribution in [2.75, 3.05) is 26.4 Å². The fourth-order valence-electron chi connectivity index (χ4n) is 1.45. The molecule has 0 radical (unpaired) electrons. The van der Waals surface area contributed by atoms with E-state index < -0.39 is 0 Å². The van der Waals surface area contributed by atoms with E-state index >= 15 is 0 Å². The number of likely N-dealkylation sites (tertiary alicyclic amines) is 1. The van der Waals surface area contributed by atoms with E-state index in [9.17, 15) is 0 Å². The van der Waals surface area contributed by atoms with E-state index in [0.717, 1.165) is 0 Å². The minimum absolute atomic E-state index is 1.20. The number of thioether (sulfide) groups is 1. The Morgan fingerprint density at radius 2 is 1.91 bits per heavy atom. The maximum absolute atomic E-state index is 4.24. The third kappa shape index (κ3) is 2.40. The molecule has 0 spiro atoms. The number of hydrogen-bond acceptors (Lipinski definition) is 2. The predicted octanol–water partition coefficient (Wildman–Crippen LogP) is 1.82. The van der Waals surface area contributed by atoms with Crippen LogP contribution < -0.4 is 0 Å². The highest BCUT2D eigenvalue weighted by Gasteiger charge is 2.12. The Morgan fingerprint density at radius 3 is 2.36 bits per heavy atom. The Morgan fingerprint density at radius 1 is 1.27 bits per heavy atom. The molecule has 2 nitrogen and oxygen atoms in total. The topological polar surface area (TPSA) is 15.6 Å². The van der Waals surface area contributed by atoms with Gasteiger partial charge in [-0.15, -0.1) is 0 Å². The Labute approximate surface area is 73.1 Å². The fourth-order valence-corrected chi connectivity index (χ4v) is 2.07. The molecule has 0 unspecified atom stereocenters. The highest BCUT2D eigenvalue weighted by molar-refractivity contribution is 8.13. The molecule has 0 aromatic carbocycles. The molecule has 0 amide bonds. The highest BCUT2D eigenvalue weighted by atomic mass is 32.2. The van der Waals surface area contributed by atoms with Crippen LogP contribution in [0.5, 0.6) is 0 Å². The Kier molecular flexibility index (Phi) is 3.77. The van der Waals surface area contributed by atoms with Gasteiger partial charge in [0.25, 0.3) is 0 Å². The van der Waals surface area contributed by atoms with Crippen molar-refractivity contribution in [3.8, 4) is 0 Å². The Balaban J connectivity index is 2.43. The number of rotatable bonds is 0. The molecule has 0 bridgehead atoms. The molecule has 0 atom stereocenters. The smallest absolute Gasteiger partial charge is 0.158 e. The Bertz CT molecular complexity index is 139. The van der Waals surface area contributed by atoms with Crippen molar-refractivity contribution >= 4 is 16.9 Å². The highest BCUT2D eigenvalue weighted by Crippen LogP contribution is 2.13. The first-order valence-corrected chi connectivity index (χ1v) is 5.36. The van der Waals surface area contributed by atoms with Gasteiger partial charge in [-0.2, -0.15) is 0 Å². The molecule has 3 heteroatoms. The SMILES string of the molecule is C/N=C(\SC)N1CCCCC1. The van der Waals surface area contributed by atoms with Gasteiger partial charge in [0.05, 0.1) is 0 Å². The van der Waals surface area contributed by atoms with Gasteiger partial charge in [-0.1, -0.05) is 11.8 Å². The molecule has 11 heavy (non-hydrogen) atoms. The van der Waals surface area contributed by atoms with Crippen molar-refractivity contribution in [2.45, 2.75) is 19.3 Å². The maximum atomic E-state index is 4.24. The molecule has 0 aromatic rings. The summed E-state index contributed by atoms with van der Waals surface area (Å²) in [5.41, 5.74) is 0. The summed E-state index contributed by atoms with van der Waals surface area (Å²) < 4.78 is 0. The van der Waals surface area contributed by atoms with Crippen LogP contribution >= 0.6 is 11.8 Å². The average molecular weight is 172 g/mol. The molecule has 1 rings (SSSR count). The van der Waals surface area contributed by atoms with Crippen molar-refractivity contribution in [1.29, 1.82) is 0 Å². The minimum atomic E-state index is 1.20. The first-order valence-electron chi connectivity index (χ1n) is 4.14. The van der Waals surface area contributed by atoms with Crippen LogP contribution in [-0.2, 0) is 0 Å². The van der Waals surface area contributed by atoms with Crippen LogP contribution in [0.3, 0.4) is 0 Å². The second kappa shape index (κ2) is 4.65. The van der Waals surface area contributed by atoms with Crippen LogP contribution in [-0.4, -0.2) is 36.5 Å². The van der Waals surface area contributed by atoms with Crippen LogP contribution in [0.4, 0.5) is 0 Å². The molecule has 1 aliphatic heterocycles. The zero-order valence-electron chi connectivity index (χ0n) is 7.34. The van der Waals surface area contributed by atoms with Crippen LogP contribution in [0, 0.1) is 0 Å². The molecule has 0 aromatic heterocycles. The quantitative estimate of drug-likeness (QED) is 0.409. The first kappa shape index (κ1) is 8.91. The lowest BCUT2D eigenvalue weighted by molar-refractivity contribution is 0.347. The molecule has 1 saturated heterocycles. The molecule has 1 aliphatic rings. The van der Waals surface area contributed by atoms with E-state index in [1.807, 2.05) is 7.05 Å². The standard InChI is InChI=1S/C8H16N2S/c1-9-8(11-2)10-6-4-3-5-7-10/h3-7H2,1-2H3/b9-8-. The van der Waals surface area contributed by atoms with E-state index in [2.05, 4.69) is 16.1 Å². The second-order valence-corrected chi connectivity index (χ2v) is 3.53. The molecule has 1 fully saturated rings. The van der Waals surface area contributed by atoms with Crippen LogP contribution in [0.15, 0.2) is 4.99 Å². The molecule has 0 aliphatic carbocycles. The van der Waals surface area contributed by atoms with Crippen molar-refractivity contribution in [3.05, 3.63) is 0 Å². The summed E-state index contributed by atoms with van der Waals surface area (Å²) in [5.74, 6) is 0. The molecular weight excluding hydrogens is 156 g/mol. The minimum Gasteiger partial charge on any atom is -0.352 e. The van der Waals surface area contributed by atoms with Crippen LogP contribution in [0.25, 0.3) is 0 Å². The Hall–Kier alpha value is -0.180. The third-order valence-corrected chi connectivity index (χ3v) is 2.81. The normalized spacial score (nSPS) is 20.5. The number of aliphatic imine (C=N–C) groups is 1. The lowest BCUT2D eigenvalue weighted by Gasteiger charge is -2.28. The van der Waals surface area contributed by atoms with Crippen molar-refractivity contribution < 1.29 is 0 Å². The van der Waals surface area contributed by atoms with Crippen molar-refractivity contribution in [1.82, 2.24) is 4.90 Å². The second-order valence-electron chi connectivity index (χ2n) is 2.76. The van der Waals surface area contributed by atoms with Crippen LogP contribution in [0.1, 0.15) is 19.3 Å². The lowest BCUT2D eigenvalue weighted by Crippen LogP contribution is -2.33. The summed E-state index contributed by atoms with van der Waals surface area (Å²) in [6, 6.07) is 0. The van der Waals surface area contributed by atoms with E-state index in [-0.39, 0.29) is 0 Å². The van der Waals surface area contributed by atoms with E-state index in [1.54, 1.807) is 11.8 Å². The molecule has 1 heterocycles. The maximum Gasteiger partial charge on any atom is 0.158 e. The molecular formula is C8H16N2S.